The molecule has 1 atom stereocenters. The lowest BCUT2D eigenvalue weighted by atomic mass is 10.2. The van der Waals surface area contributed by atoms with Crippen LogP contribution in [0.15, 0.2) is 24.3 Å². The zero-order chi connectivity index (χ0) is 10.6. The van der Waals surface area contributed by atoms with Gasteiger partial charge in [0.15, 0.2) is 6.10 Å². The van der Waals surface area contributed by atoms with E-state index in [1.807, 2.05) is 38.1 Å². The zero-order valence-electron chi connectivity index (χ0n) is 8.29. The number of benzene rings is 1. The number of rotatable bonds is 4. The second kappa shape index (κ2) is 5.01. The fraction of sp³-hybridized carbons (Fsp3) is 0.364. The van der Waals surface area contributed by atoms with Gasteiger partial charge in [0.25, 0.3) is 5.24 Å². The topological polar surface area (TPSA) is 26.3 Å². The molecule has 14 heavy (non-hydrogen) atoms. The molecule has 1 rings (SSSR count). The van der Waals surface area contributed by atoms with Gasteiger partial charge in [-0.1, -0.05) is 25.1 Å². The predicted molar refractivity (Wildman–Crippen MR) is 56.7 cm³/mol. The van der Waals surface area contributed by atoms with Crippen LogP contribution in [0.5, 0.6) is 5.75 Å². The van der Waals surface area contributed by atoms with Gasteiger partial charge in [-0.3, -0.25) is 4.79 Å². The van der Waals surface area contributed by atoms with Crippen molar-refractivity contribution in [2.24, 2.45) is 0 Å². The lowest BCUT2D eigenvalue weighted by molar-refractivity contribution is -0.117. The summed E-state index contributed by atoms with van der Waals surface area (Å²) < 4.78 is 5.47. The number of hydrogen-bond acceptors (Lipinski definition) is 2. The van der Waals surface area contributed by atoms with Gasteiger partial charge in [0.1, 0.15) is 5.75 Å². The van der Waals surface area contributed by atoms with Crippen LogP contribution < -0.4 is 4.74 Å². The molecule has 0 fully saturated rings. The maximum Gasteiger partial charge on any atom is 0.262 e. The average Bonchev–Trinajstić information content (AvgIpc) is 2.16. The van der Waals surface area contributed by atoms with Crippen molar-refractivity contribution in [3.63, 3.8) is 0 Å². The molecule has 0 aliphatic heterocycles. The molecule has 3 heteroatoms. The van der Waals surface area contributed by atoms with Gasteiger partial charge < -0.3 is 4.74 Å². The summed E-state index contributed by atoms with van der Waals surface area (Å²) >= 11 is 5.38. The SMILES string of the molecule is CC[C@@H](Oc1ccccc1C)C(=O)Cl. The minimum atomic E-state index is -0.544. The Morgan fingerprint density at radius 1 is 1.50 bits per heavy atom. The summed E-state index contributed by atoms with van der Waals surface area (Å²) in [5.74, 6) is 0.716. The van der Waals surface area contributed by atoms with Gasteiger partial charge >= 0.3 is 0 Å². The summed E-state index contributed by atoms with van der Waals surface area (Å²) in [4.78, 5) is 10.9. The van der Waals surface area contributed by atoms with Crippen LogP contribution in [-0.2, 0) is 4.79 Å². The van der Waals surface area contributed by atoms with Crippen molar-refractivity contribution in [1.29, 1.82) is 0 Å². The summed E-state index contributed by atoms with van der Waals surface area (Å²) in [5, 5.41) is -0.448. The first-order valence-corrected chi connectivity index (χ1v) is 4.94. The Kier molecular flexibility index (Phi) is 3.96. The molecule has 0 spiro atoms. The Hall–Kier alpha value is -1.02. The normalized spacial score (nSPS) is 12.2. The molecule has 76 valence electrons. The summed E-state index contributed by atoms with van der Waals surface area (Å²) in [5.41, 5.74) is 1.00. The number of ether oxygens (including phenoxy) is 1. The molecule has 0 aromatic heterocycles. The quantitative estimate of drug-likeness (QED) is 0.718. The molecule has 0 bridgehead atoms. The predicted octanol–water partition coefficient (Wildman–Crippen LogP) is 2.92. The molecule has 0 radical (unpaired) electrons. The first-order valence-electron chi connectivity index (χ1n) is 4.56. The third-order valence-electron chi connectivity index (χ3n) is 1.99. The molecule has 2 nitrogen and oxygen atoms in total. The van der Waals surface area contributed by atoms with Gasteiger partial charge in [0.05, 0.1) is 0 Å². The van der Waals surface area contributed by atoms with E-state index in [4.69, 9.17) is 16.3 Å². The number of aryl methyl sites for hydroxylation is 1. The Balaban J connectivity index is 2.77. The van der Waals surface area contributed by atoms with Crippen molar-refractivity contribution in [1.82, 2.24) is 0 Å². The van der Waals surface area contributed by atoms with Crippen LogP contribution in [0.4, 0.5) is 0 Å². The molecule has 0 aliphatic carbocycles. The largest absolute Gasteiger partial charge is 0.481 e. The molecule has 0 amide bonds. The fourth-order valence-electron chi connectivity index (χ4n) is 1.13. The molecule has 0 saturated heterocycles. The minimum Gasteiger partial charge on any atom is -0.481 e. The van der Waals surface area contributed by atoms with E-state index in [-0.39, 0.29) is 0 Å². The molecule has 1 aromatic carbocycles. The Morgan fingerprint density at radius 3 is 2.64 bits per heavy atom. The highest BCUT2D eigenvalue weighted by molar-refractivity contribution is 6.64. The third-order valence-corrected chi connectivity index (χ3v) is 2.23. The smallest absolute Gasteiger partial charge is 0.262 e. The van der Waals surface area contributed by atoms with Crippen molar-refractivity contribution < 1.29 is 9.53 Å². The third kappa shape index (κ3) is 2.74. The van der Waals surface area contributed by atoms with Gasteiger partial charge in [-0.15, -0.1) is 0 Å². The van der Waals surface area contributed by atoms with E-state index in [2.05, 4.69) is 0 Å². The highest BCUT2D eigenvalue weighted by atomic mass is 35.5. The van der Waals surface area contributed by atoms with E-state index in [9.17, 15) is 4.79 Å². The summed E-state index contributed by atoms with van der Waals surface area (Å²) in [6.07, 6.45) is 0.0363. The molecular weight excluding hydrogens is 200 g/mol. The second-order valence-electron chi connectivity index (χ2n) is 3.08. The molecule has 1 aromatic rings. The van der Waals surface area contributed by atoms with E-state index < -0.39 is 11.3 Å². The van der Waals surface area contributed by atoms with Gasteiger partial charge in [-0.05, 0) is 36.6 Å². The first-order chi connectivity index (χ1) is 6.65. The molecule has 0 heterocycles. The molecule has 0 saturated carbocycles. The standard InChI is InChI=1S/C11H13ClO2/c1-3-9(11(12)13)14-10-7-5-4-6-8(10)2/h4-7,9H,3H2,1-2H3/t9-/m1/s1. The highest BCUT2D eigenvalue weighted by Gasteiger charge is 2.16. The van der Waals surface area contributed by atoms with Crippen molar-refractivity contribution in [2.75, 3.05) is 0 Å². The van der Waals surface area contributed by atoms with Gasteiger partial charge in [-0.25, -0.2) is 0 Å². The van der Waals surface area contributed by atoms with Crippen LogP contribution in [0.1, 0.15) is 18.9 Å². The zero-order valence-corrected chi connectivity index (χ0v) is 9.04. The maximum atomic E-state index is 10.9. The maximum absolute atomic E-state index is 10.9. The minimum absolute atomic E-state index is 0.448. The summed E-state index contributed by atoms with van der Waals surface area (Å²) in [6.45, 7) is 3.80. The van der Waals surface area contributed by atoms with E-state index in [0.29, 0.717) is 12.2 Å². The Morgan fingerprint density at radius 2 is 2.14 bits per heavy atom. The van der Waals surface area contributed by atoms with E-state index >= 15 is 0 Å². The lowest BCUT2D eigenvalue weighted by Gasteiger charge is -2.14. The van der Waals surface area contributed by atoms with Crippen molar-refractivity contribution >= 4 is 16.8 Å². The molecule has 0 unspecified atom stereocenters. The van der Waals surface area contributed by atoms with Crippen LogP contribution in [0, 0.1) is 6.92 Å². The van der Waals surface area contributed by atoms with Crippen LogP contribution in [-0.4, -0.2) is 11.3 Å². The van der Waals surface area contributed by atoms with Crippen LogP contribution in [0.25, 0.3) is 0 Å². The van der Waals surface area contributed by atoms with Crippen LogP contribution in [0.3, 0.4) is 0 Å². The van der Waals surface area contributed by atoms with Gasteiger partial charge in [0, 0.05) is 0 Å². The second-order valence-corrected chi connectivity index (χ2v) is 3.46. The van der Waals surface area contributed by atoms with Crippen molar-refractivity contribution in [3.05, 3.63) is 29.8 Å². The summed E-state index contributed by atoms with van der Waals surface area (Å²) in [6, 6.07) is 7.55. The van der Waals surface area contributed by atoms with Crippen LogP contribution >= 0.6 is 11.6 Å². The Bertz CT molecular complexity index is 323. The fourth-order valence-corrected chi connectivity index (χ4v) is 1.33. The molecule has 0 N–H and O–H groups in total. The monoisotopic (exact) mass is 212 g/mol. The van der Waals surface area contributed by atoms with Gasteiger partial charge in [-0.2, -0.15) is 0 Å². The van der Waals surface area contributed by atoms with E-state index in [1.165, 1.54) is 0 Å². The van der Waals surface area contributed by atoms with Crippen LogP contribution in [0.2, 0.25) is 0 Å². The summed E-state index contributed by atoms with van der Waals surface area (Å²) in [7, 11) is 0. The number of carbonyl (C=O) groups excluding carboxylic acids is 1. The number of para-hydroxylation sites is 1. The number of carbonyl (C=O) groups is 1. The number of hydrogen-bond donors (Lipinski definition) is 0. The average molecular weight is 213 g/mol. The van der Waals surface area contributed by atoms with Crippen molar-refractivity contribution in [2.45, 2.75) is 26.4 Å². The van der Waals surface area contributed by atoms with E-state index in [0.717, 1.165) is 5.56 Å². The first kappa shape index (κ1) is 11.1. The highest BCUT2D eigenvalue weighted by Crippen LogP contribution is 2.19. The lowest BCUT2D eigenvalue weighted by Crippen LogP contribution is -2.22. The molecular formula is C11H13ClO2. The van der Waals surface area contributed by atoms with Gasteiger partial charge in [0.2, 0.25) is 0 Å². The van der Waals surface area contributed by atoms with E-state index in [1.54, 1.807) is 0 Å². The molecule has 0 aliphatic rings. The Labute approximate surface area is 88.8 Å². The van der Waals surface area contributed by atoms with Crippen molar-refractivity contribution in [3.8, 4) is 5.75 Å². The number of halogens is 1.